The molecule has 2 rings (SSSR count). The van der Waals surface area contributed by atoms with Crippen LogP contribution in [0.3, 0.4) is 0 Å². The summed E-state index contributed by atoms with van der Waals surface area (Å²) >= 11 is 18.8. The van der Waals surface area contributed by atoms with Crippen molar-refractivity contribution in [2.24, 2.45) is 0 Å². The Kier molecular flexibility index (Phi) is 8.75. The summed E-state index contributed by atoms with van der Waals surface area (Å²) in [5.41, 5.74) is -0.108. The van der Waals surface area contributed by atoms with E-state index >= 15 is 0 Å². The molecule has 0 fully saturated rings. The largest absolute Gasteiger partial charge is 0.443 e. The zero-order valence-electron chi connectivity index (χ0n) is 18.3. The molecular formula is C20H24Cl3N3O5S. The first-order valence-electron chi connectivity index (χ1n) is 9.53. The highest BCUT2D eigenvalue weighted by molar-refractivity contribution is 7.85. The van der Waals surface area contributed by atoms with Crippen molar-refractivity contribution in [2.75, 3.05) is 17.8 Å². The maximum Gasteiger partial charge on any atom is 0.420 e. The molecule has 0 saturated heterocycles. The number of nitrogens with zero attached hydrogens (tertiary/aromatic N) is 3. The van der Waals surface area contributed by atoms with Crippen LogP contribution in [0.25, 0.3) is 0 Å². The van der Waals surface area contributed by atoms with E-state index in [0.29, 0.717) is 16.4 Å². The molecule has 1 aromatic carbocycles. The van der Waals surface area contributed by atoms with Gasteiger partial charge in [-0.25, -0.2) is 19.7 Å². The van der Waals surface area contributed by atoms with Gasteiger partial charge in [-0.05, 0) is 58.7 Å². The SMILES string of the molecule is Cc1nc(Cl)c(CCCOS(C)(=O)=O)c(N(C(=O)OC(C)(C)C)c2ccc(Cl)cc2Cl)n1. The van der Waals surface area contributed by atoms with E-state index in [-0.39, 0.29) is 41.1 Å². The third-order valence-corrected chi connectivity index (χ3v) is 5.30. The molecule has 0 aliphatic heterocycles. The second-order valence-corrected chi connectivity index (χ2v) is 10.8. The average molecular weight is 525 g/mol. The van der Waals surface area contributed by atoms with Gasteiger partial charge < -0.3 is 4.74 Å². The van der Waals surface area contributed by atoms with Crippen LogP contribution >= 0.6 is 34.8 Å². The second-order valence-electron chi connectivity index (χ2n) is 7.90. The minimum Gasteiger partial charge on any atom is -0.443 e. The van der Waals surface area contributed by atoms with E-state index in [0.717, 1.165) is 6.26 Å². The molecule has 12 heteroatoms. The normalized spacial score (nSPS) is 12.0. The Morgan fingerprint density at radius 3 is 2.38 bits per heavy atom. The standard InChI is InChI=1S/C20H24Cl3N3O5S/c1-12-24-17(23)14(7-6-10-30-32(5,28)29)18(25-12)26(19(27)31-20(2,3)4)16-9-8-13(21)11-15(16)22/h8-9,11H,6-7,10H2,1-5H3. The predicted molar refractivity (Wildman–Crippen MR) is 126 cm³/mol. The van der Waals surface area contributed by atoms with Crippen molar-refractivity contribution >= 4 is 62.5 Å². The third-order valence-electron chi connectivity index (χ3n) is 3.85. The molecule has 0 aliphatic rings. The van der Waals surface area contributed by atoms with Crippen LogP contribution < -0.4 is 4.90 Å². The lowest BCUT2D eigenvalue weighted by Gasteiger charge is -2.29. The molecule has 0 saturated carbocycles. The Hall–Kier alpha value is -1.65. The fraction of sp³-hybridized carbons (Fsp3) is 0.450. The van der Waals surface area contributed by atoms with Gasteiger partial charge in [0.1, 0.15) is 16.6 Å². The van der Waals surface area contributed by atoms with Crippen molar-refractivity contribution in [1.82, 2.24) is 9.97 Å². The Morgan fingerprint density at radius 2 is 1.81 bits per heavy atom. The second kappa shape index (κ2) is 10.5. The minimum atomic E-state index is -3.59. The van der Waals surface area contributed by atoms with Gasteiger partial charge in [0.2, 0.25) is 0 Å². The van der Waals surface area contributed by atoms with Crippen LogP contribution in [0.1, 0.15) is 38.6 Å². The summed E-state index contributed by atoms with van der Waals surface area (Å²) in [5, 5.41) is 0.700. The summed E-state index contributed by atoms with van der Waals surface area (Å²) in [7, 11) is -3.59. The van der Waals surface area contributed by atoms with Crippen LogP contribution in [0.4, 0.5) is 16.3 Å². The van der Waals surface area contributed by atoms with Crippen LogP contribution in [-0.2, 0) is 25.5 Å². The van der Waals surface area contributed by atoms with Crippen LogP contribution in [0.5, 0.6) is 0 Å². The number of carbonyl (C=O) groups is 1. The molecule has 0 N–H and O–H groups in total. The first kappa shape index (κ1) is 26.6. The number of amides is 1. The molecule has 0 aliphatic carbocycles. The third kappa shape index (κ3) is 7.74. The van der Waals surface area contributed by atoms with Gasteiger partial charge in [0.25, 0.3) is 10.1 Å². The molecule has 0 bridgehead atoms. The average Bonchev–Trinajstić information content (AvgIpc) is 2.59. The highest BCUT2D eigenvalue weighted by Crippen LogP contribution is 2.37. The minimum absolute atomic E-state index is 0.0728. The number of hydrogen-bond donors (Lipinski definition) is 0. The smallest absolute Gasteiger partial charge is 0.420 e. The number of aryl methyl sites for hydroxylation is 1. The number of ether oxygens (including phenoxy) is 1. The molecule has 32 heavy (non-hydrogen) atoms. The van der Waals surface area contributed by atoms with Gasteiger partial charge in [-0.1, -0.05) is 34.8 Å². The summed E-state index contributed by atoms with van der Waals surface area (Å²) in [6.45, 7) is 6.75. The molecule has 8 nitrogen and oxygen atoms in total. The maximum absolute atomic E-state index is 13.2. The number of hydrogen-bond acceptors (Lipinski definition) is 7. The first-order valence-corrected chi connectivity index (χ1v) is 12.5. The Labute approximate surface area is 202 Å². The molecule has 0 unspecified atom stereocenters. The van der Waals surface area contributed by atoms with Gasteiger partial charge in [-0.3, -0.25) is 4.18 Å². The summed E-state index contributed by atoms with van der Waals surface area (Å²) in [6.07, 6.45) is 0.745. The van der Waals surface area contributed by atoms with Crippen molar-refractivity contribution in [1.29, 1.82) is 0 Å². The lowest BCUT2D eigenvalue weighted by atomic mass is 10.1. The van der Waals surface area contributed by atoms with Gasteiger partial charge >= 0.3 is 6.09 Å². The quantitative estimate of drug-likeness (QED) is 0.259. The zero-order valence-corrected chi connectivity index (χ0v) is 21.4. The summed E-state index contributed by atoms with van der Waals surface area (Å²) in [6, 6.07) is 4.64. The first-order chi connectivity index (χ1) is 14.7. The van der Waals surface area contributed by atoms with Crippen LogP contribution in [0, 0.1) is 6.92 Å². The Morgan fingerprint density at radius 1 is 1.16 bits per heavy atom. The topological polar surface area (TPSA) is 98.7 Å². The number of aromatic nitrogens is 2. The number of anilines is 2. The fourth-order valence-electron chi connectivity index (χ4n) is 2.68. The molecule has 1 amide bonds. The van der Waals surface area contributed by atoms with Crippen molar-refractivity contribution in [3.8, 4) is 0 Å². The number of benzene rings is 1. The molecule has 1 heterocycles. The molecule has 2 aromatic rings. The van der Waals surface area contributed by atoms with Gasteiger partial charge in [0.15, 0.2) is 5.82 Å². The molecular weight excluding hydrogens is 501 g/mol. The van der Waals surface area contributed by atoms with Crippen LogP contribution in [0.2, 0.25) is 15.2 Å². The van der Waals surface area contributed by atoms with Crippen molar-refractivity contribution in [2.45, 2.75) is 46.1 Å². The van der Waals surface area contributed by atoms with Crippen LogP contribution in [0.15, 0.2) is 18.2 Å². The van der Waals surface area contributed by atoms with Crippen molar-refractivity contribution < 1.29 is 22.1 Å². The molecule has 176 valence electrons. The molecule has 0 spiro atoms. The van der Waals surface area contributed by atoms with E-state index in [9.17, 15) is 13.2 Å². The number of halogens is 3. The molecule has 0 radical (unpaired) electrons. The highest BCUT2D eigenvalue weighted by Gasteiger charge is 2.30. The van der Waals surface area contributed by atoms with Crippen molar-refractivity contribution in [3.05, 3.63) is 44.8 Å². The fourth-order valence-corrected chi connectivity index (χ4v) is 3.89. The van der Waals surface area contributed by atoms with E-state index in [1.807, 2.05) is 0 Å². The summed E-state index contributed by atoms with van der Waals surface area (Å²) in [4.78, 5) is 23.0. The summed E-state index contributed by atoms with van der Waals surface area (Å²) < 4.78 is 32.8. The monoisotopic (exact) mass is 523 g/mol. The lowest BCUT2D eigenvalue weighted by Crippen LogP contribution is -2.35. The van der Waals surface area contributed by atoms with E-state index in [4.69, 9.17) is 43.7 Å². The van der Waals surface area contributed by atoms with E-state index in [1.54, 1.807) is 39.8 Å². The number of rotatable bonds is 7. The highest BCUT2D eigenvalue weighted by atomic mass is 35.5. The Bertz CT molecular complexity index is 1100. The zero-order chi connectivity index (χ0) is 24.3. The van der Waals surface area contributed by atoms with Gasteiger partial charge in [0.05, 0.1) is 23.6 Å². The van der Waals surface area contributed by atoms with E-state index < -0.39 is 21.8 Å². The van der Waals surface area contributed by atoms with Gasteiger partial charge in [-0.15, -0.1) is 0 Å². The van der Waals surface area contributed by atoms with E-state index in [1.165, 1.54) is 11.0 Å². The van der Waals surface area contributed by atoms with Gasteiger partial charge in [-0.2, -0.15) is 8.42 Å². The van der Waals surface area contributed by atoms with Crippen LogP contribution in [-0.4, -0.2) is 42.9 Å². The van der Waals surface area contributed by atoms with Gasteiger partial charge in [0, 0.05) is 10.6 Å². The van der Waals surface area contributed by atoms with Crippen molar-refractivity contribution in [3.63, 3.8) is 0 Å². The lowest BCUT2D eigenvalue weighted by molar-refractivity contribution is 0.0598. The molecule has 1 aromatic heterocycles. The summed E-state index contributed by atoms with van der Waals surface area (Å²) in [5.74, 6) is 0.486. The van der Waals surface area contributed by atoms with E-state index in [2.05, 4.69) is 9.97 Å². The Balaban J connectivity index is 2.57. The predicted octanol–water partition coefficient (Wildman–Crippen LogP) is 5.73. The number of carbonyl (C=O) groups excluding carboxylic acids is 1. The molecule has 0 atom stereocenters. The maximum atomic E-state index is 13.2.